The Morgan fingerprint density at radius 2 is 1.83 bits per heavy atom. The van der Waals surface area contributed by atoms with Crippen LogP contribution in [0.1, 0.15) is 45.1 Å². The molecule has 24 heavy (non-hydrogen) atoms. The average Bonchev–Trinajstić information content (AvgIpc) is 3.39. The molecule has 0 bridgehead atoms. The maximum atomic E-state index is 4.33. The average molecular weight is 444 g/mol. The summed E-state index contributed by atoms with van der Waals surface area (Å²) in [6, 6.07) is 12.0. The van der Waals surface area contributed by atoms with Crippen molar-refractivity contribution in [2.75, 3.05) is 26.7 Å². The monoisotopic (exact) mass is 444 g/mol. The van der Waals surface area contributed by atoms with E-state index in [9.17, 15) is 0 Å². The van der Waals surface area contributed by atoms with Crippen LogP contribution in [0, 0.1) is 0 Å². The topological polar surface area (TPSA) is 39.7 Å². The third kappa shape index (κ3) is 6.97. The molecule has 136 valence electrons. The van der Waals surface area contributed by atoms with Crippen LogP contribution in [-0.4, -0.2) is 49.6 Å². The molecule has 1 aliphatic carbocycles. The lowest BCUT2D eigenvalue weighted by atomic mass is 10.0. The van der Waals surface area contributed by atoms with Crippen molar-refractivity contribution in [2.24, 2.45) is 4.99 Å². The summed E-state index contributed by atoms with van der Waals surface area (Å²) in [6.07, 6.45) is 2.72. The second-order valence-electron chi connectivity index (χ2n) is 6.75. The maximum Gasteiger partial charge on any atom is 0.191 e. The fraction of sp³-hybridized carbons (Fsp3) is 0.632. The standard InChI is InChI=1S/C19H32N4.HI/c1-15(2)23(18-10-11-18)13-12-21-19(20-4)22-14-16(3)17-8-6-5-7-9-17;/h5-9,15-16,18H,10-14H2,1-4H3,(H2,20,21,22);1H. The quantitative estimate of drug-likeness (QED) is 0.367. The number of hydrogen-bond acceptors (Lipinski definition) is 2. The van der Waals surface area contributed by atoms with Crippen LogP contribution in [0.15, 0.2) is 35.3 Å². The lowest BCUT2D eigenvalue weighted by molar-refractivity contribution is 0.215. The summed E-state index contributed by atoms with van der Waals surface area (Å²) < 4.78 is 0. The van der Waals surface area contributed by atoms with Gasteiger partial charge in [-0.2, -0.15) is 0 Å². The van der Waals surface area contributed by atoms with E-state index in [0.717, 1.165) is 31.6 Å². The first kappa shape index (κ1) is 21.2. The SMILES string of the molecule is CN=C(NCCN(C(C)C)C1CC1)NCC(C)c1ccccc1.I. The highest BCUT2D eigenvalue weighted by molar-refractivity contribution is 14.0. The smallest absolute Gasteiger partial charge is 0.191 e. The number of benzene rings is 1. The summed E-state index contributed by atoms with van der Waals surface area (Å²) in [5.41, 5.74) is 1.36. The van der Waals surface area contributed by atoms with E-state index in [0.29, 0.717) is 12.0 Å². The number of nitrogens with one attached hydrogen (secondary N) is 2. The van der Waals surface area contributed by atoms with Gasteiger partial charge in [0.25, 0.3) is 0 Å². The molecular weight excluding hydrogens is 411 g/mol. The van der Waals surface area contributed by atoms with Gasteiger partial charge in [0.15, 0.2) is 5.96 Å². The molecule has 1 unspecified atom stereocenters. The molecule has 1 aliphatic rings. The molecule has 0 spiro atoms. The van der Waals surface area contributed by atoms with Crippen LogP contribution in [0.2, 0.25) is 0 Å². The second-order valence-corrected chi connectivity index (χ2v) is 6.75. The molecule has 0 amide bonds. The molecule has 1 aromatic carbocycles. The molecule has 2 N–H and O–H groups in total. The van der Waals surface area contributed by atoms with E-state index < -0.39 is 0 Å². The molecule has 0 radical (unpaired) electrons. The summed E-state index contributed by atoms with van der Waals surface area (Å²) in [6.45, 7) is 9.72. The van der Waals surface area contributed by atoms with Crippen molar-refractivity contribution in [2.45, 2.75) is 51.6 Å². The summed E-state index contributed by atoms with van der Waals surface area (Å²) in [5.74, 6) is 1.36. The van der Waals surface area contributed by atoms with E-state index in [1.807, 2.05) is 7.05 Å². The van der Waals surface area contributed by atoms with Crippen molar-refractivity contribution < 1.29 is 0 Å². The van der Waals surface area contributed by atoms with Gasteiger partial charge in [0.2, 0.25) is 0 Å². The fourth-order valence-corrected chi connectivity index (χ4v) is 2.94. The van der Waals surface area contributed by atoms with Crippen molar-refractivity contribution in [3.8, 4) is 0 Å². The zero-order valence-corrected chi connectivity index (χ0v) is 17.8. The molecule has 1 aromatic rings. The van der Waals surface area contributed by atoms with Crippen LogP contribution in [-0.2, 0) is 0 Å². The molecule has 1 fully saturated rings. The zero-order chi connectivity index (χ0) is 16.7. The first-order valence-electron chi connectivity index (χ1n) is 8.87. The lowest BCUT2D eigenvalue weighted by Gasteiger charge is -2.26. The van der Waals surface area contributed by atoms with Crippen LogP contribution in [0.25, 0.3) is 0 Å². The van der Waals surface area contributed by atoms with Crippen LogP contribution in [0.3, 0.4) is 0 Å². The van der Waals surface area contributed by atoms with Gasteiger partial charge in [-0.25, -0.2) is 0 Å². The molecule has 0 aromatic heterocycles. The predicted octanol–water partition coefficient (Wildman–Crippen LogP) is 3.45. The number of rotatable bonds is 8. The zero-order valence-electron chi connectivity index (χ0n) is 15.5. The lowest BCUT2D eigenvalue weighted by Crippen LogP contribution is -2.44. The van der Waals surface area contributed by atoms with E-state index in [2.05, 4.69) is 71.6 Å². The number of hydrogen-bond donors (Lipinski definition) is 2. The summed E-state index contributed by atoms with van der Waals surface area (Å²) in [7, 11) is 1.84. The Balaban J connectivity index is 0.00000288. The Bertz CT molecular complexity index is 483. The Kier molecular flexibility index (Phi) is 9.66. The van der Waals surface area contributed by atoms with Crippen LogP contribution in [0.4, 0.5) is 0 Å². The van der Waals surface area contributed by atoms with Gasteiger partial charge < -0.3 is 10.6 Å². The minimum absolute atomic E-state index is 0. The summed E-state index contributed by atoms with van der Waals surface area (Å²) in [4.78, 5) is 6.92. The number of halogens is 1. The Hall–Kier alpha value is -0.820. The van der Waals surface area contributed by atoms with Crippen molar-refractivity contribution in [3.05, 3.63) is 35.9 Å². The number of nitrogens with zero attached hydrogens (tertiary/aromatic N) is 2. The molecule has 0 heterocycles. The normalized spacial score (nSPS) is 16.0. The minimum Gasteiger partial charge on any atom is -0.356 e. The molecule has 1 saturated carbocycles. The Labute approximate surface area is 164 Å². The maximum absolute atomic E-state index is 4.33. The molecule has 2 rings (SSSR count). The van der Waals surface area contributed by atoms with Gasteiger partial charge in [0.05, 0.1) is 0 Å². The third-order valence-corrected chi connectivity index (χ3v) is 4.51. The number of guanidine groups is 1. The van der Waals surface area contributed by atoms with E-state index in [-0.39, 0.29) is 24.0 Å². The van der Waals surface area contributed by atoms with Crippen LogP contribution < -0.4 is 10.6 Å². The van der Waals surface area contributed by atoms with Gasteiger partial charge in [0.1, 0.15) is 0 Å². The summed E-state index contributed by atoms with van der Waals surface area (Å²) in [5, 5.41) is 6.88. The van der Waals surface area contributed by atoms with E-state index in [4.69, 9.17) is 0 Å². The van der Waals surface area contributed by atoms with Gasteiger partial charge in [-0.3, -0.25) is 9.89 Å². The predicted molar refractivity (Wildman–Crippen MR) is 115 cm³/mol. The fourth-order valence-electron chi connectivity index (χ4n) is 2.94. The van der Waals surface area contributed by atoms with E-state index in [1.54, 1.807) is 0 Å². The molecular formula is C19H33IN4. The molecule has 1 atom stereocenters. The highest BCUT2D eigenvalue weighted by Crippen LogP contribution is 2.27. The van der Waals surface area contributed by atoms with Crippen molar-refractivity contribution in [3.63, 3.8) is 0 Å². The number of aliphatic imine (C=N–C) groups is 1. The third-order valence-electron chi connectivity index (χ3n) is 4.51. The highest BCUT2D eigenvalue weighted by atomic mass is 127. The van der Waals surface area contributed by atoms with Gasteiger partial charge in [0, 0.05) is 38.8 Å². The highest BCUT2D eigenvalue weighted by Gasteiger charge is 2.30. The Morgan fingerprint density at radius 3 is 2.38 bits per heavy atom. The largest absolute Gasteiger partial charge is 0.356 e. The second kappa shape index (κ2) is 10.9. The van der Waals surface area contributed by atoms with Gasteiger partial charge >= 0.3 is 0 Å². The van der Waals surface area contributed by atoms with Crippen molar-refractivity contribution in [1.82, 2.24) is 15.5 Å². The molecule has 5 heteroatoms. The van der Waals surface area contributed by atoms with E-state index >= 15 is 0 Å². The van der Waals surface area contributed by atoms with Crippen LogP contribution in [0.5, 0.6) is 0 Å². The Morgan fingerprint density at radius 1 is 1.17 bits per heavy atom. The molecule has 4 nitrogen and oxygen atoms in total. The first-order chi connectivity index (χ1) is 11.1. The van der Waals surface area contributed by atoms with Crippen LogP contribution >= 0.6 is 24.0 Å². The minimum atomic E-state index is 0. The van der Waals surface area contributed by atoms with Crippen molar-refractivity contribution >= 4 is 29.9 Å². The molecule has 0 saturated heterocycles. The van der Waals surface area contributed by atoms with Gasteiger partial charge in [-0.05, 0) is 38.2 Å². The first-order valence-corrected chi connectivity index (χ1v) is 8.87. The summed E-state index contributed by atoms with van der Waals surface area (Å²) >= 11 is 0. The molecule has 0 aliphatic heterocycles. The van der Waals surface area contributed by atoms with Gasteiger partial charge in [-0.15, -0.1) is 24.0 Å². The van der Waals surface area contributed by atoms with E-state index in [1.165, 1.54) is 18.4 Å². The van der Waals surface area contributed by atoms with Gasteiger partial charge in [-0.1, -0.05) is 37.3 Å². The van der Waals surface area contributed by atoms with Crippen molar-refractivity contribution in [1.29, 1.82) is 0 Å².